The van der Waals surface area contributed by atoms with Gasteiger partial charge in [-0.15, -0.1) is 0 Å². The van der Waals surface area contributed by atoms with Gasteiger partial charge in [-0.25, -0.2) is 18.4 Å². The summed E-state index contributed by atoms with van der Waals surface area (Å²) >= 11 is 5.27. The Hall–Kier alpha value is -3.58. The van der Waals surface area contributed by atoms with Gasteiger partial charge < -0.3 is 20.1 Å². The molecule has 0 amide bonds. The molecule has 0 radical (unpaired) electrons. The number of benzene rings is 1. The highest BCUT2D eigenvalue weighted by molar-refractivity contribution is 7.92. The maximum atomic E-state index is 12.7. The fourth-order valence-corrected chi connectivity index (χ4v) is 3.81. The highest BCUT2D eigenvalue weighted by Crippen LogP contribution is 2.21. The fourth-order valence-electron chi connectivity index (χ4n) is 2.61. The molecular weight excluding hydrogens is 454 g/mol. The first-order chi connectivity index (χ1) is 15.2. The quantitative estimate of drug-likeness (QED) is 0.434. The molecule has 0 aliphatic rings. The molecule has 0 saturated heterocycles. The first-order valence-corrected chi connectivity index (χ1v) is 11.1. The Morgan fingerprint density at radius 3 is 2.16 bits per heavy atom. The molecular formula is C19H21N7O4S2. The van der Waals surface area contributed by atoms with Crippen molar-refractivity contribution in [2.24, 2.45) is 0 Å². The normalized spacial score (nSPS) is 10.9. The molecule has 0 aliphatic carbocycles. The molecule has 32 heavy (non-hydrogen) atoms. The number of anilines is 3. The maximum Gasteiger partial charge on any atom is 0.321 e. The Bertz CT molecular complexity index is 1190. The second kappa shape index (κ2) is 9.70. The molecule has 11 nitrogen and oxygen atoms in total. The van der Waals surface area contributed by atoms with Crippen LogP contribution in [0.15, 0.2) is 41.3 Å². The summed E-state index contributed by atoms with van der Waals surface area (Å²) in [6.07, 6.45) is 0. The van der Waals surface area contributed by atoms with Crippen molar-refractivity contribution in [2.45, 2.75) is 18.7 Å². The van der Waals surface area contributed by atoms with Crippen LogP contribution >= 0.6 is 12.2 Å². The Morgan fingerprint density at radius 2 is 1.56 bits per heavy atom. The van der Waals surface area contributed by atoms with Crippen molar-refractivity contribution in [3.05, 3.63) is 47.8 Å². The topological polar surface area (TPSA) is 140 Å². The van der Waals surface area contributed by atoms with Crippen LogP contribution in [0.25, 0.3) is 0 Å². The molecule has 0 saturated carbocycles. The molecule has 2 heterocycles. The van der Waals surface area contributed by atoms with Gasteiger partial charge in [0.2, 0.25) is 11.8 Å². The second-order valence-corrected chi connectivity index (χ2v) is 8.56. The molecule has 0 fully saturated rings. The van der Waals surface area contributed by atoms with Crippen molar-refractivity contribution in [1.82, 2.24) is 19.9 Å². The lowest BCUT2D eigenvalue weighted by molar-refractivity contribution is 0.353. The predicted octanol–water partition coefficient (Wildman–Crippen LogP) is 2.51. The van der Waals surface area contributed by atoms with Gasteiger partial charge in [-0.2, -0.15) is 9.97 Å². The summed E-state index contributed by atoms with van der Waals surface area (Å²) in [6.45, 7) is 3.72. The number of sulfonamides is 1. The van der Waals surface area contributed by atoms with Crippen molar-refractivity contribution in [3.63, 3.8) is 0 Å². The summed E-state index contributed by atoms with van der Waals surface area (Å²) in [5.74, 6) is 0.539. The number of methoxy groups -OCH3 is 2. The number of ether oxygens (including phenoxy) is 2. The summed E-state index contributed by atoms with van der Waals surface area (Å²) in [5, 5.41) is 6.13. The predicted molar refractivity (Wildman–Crippen MR) is 124 cm³/mol. The molecule has 1 aromatic carbocycles. The number of nitrogens with one attached hydrogen (secondary N) is 3. The molecule has 0 spiro atoms. The van der Waals surface area contributed by atoms with Crippen molar-refractivity contribution < 1.29 is 17.9 Å². The Balaban J connectivity index is 1.69. The van der Waals surface area contributed by atoms with Gasteiger partial charge >= 0.3 is 6.01 Å². The molecule has 2 aromatic heterocycles. The van der Waals surface area contributed by atoms with E-state index in [0.29, 0.717) is 11.6 Å². The second-order valence-electron chi connectivity index (χ2n) is 6.47. The summed E-state index contributed by atoms with van der Waals surface area (Å²) in [6, 6.07) is 9.16. The highest BCUT2D eigenvalue weighted by Gasteiger charge is 2.17. The monoisotopic (exact) mass is 475 g/mol. The van der Waals surface area contributed by atoms with E-state index in [4.69, 9.17) is 21.7 Å². The summed E-state index contributed by atoms with van der Waals surface area (Å²) in [4.78, 5) is 16.4. The lowest BCUT2D eigenvalue weighted by Crippen LogP contribution is -2.21. The van der Waals surface area contributed by atoms with E-state index in [1.807, 2.05) is 19.9 Å². The van der Waals surface area contributed by atoms with Gasteiger partial charge in [-0.3, -0.25) is 4.72 Å². The van der Waals surface area contributed by atoms with E-state index in [-0.39, 0.29) is 27.7 Å². The van der Waals surface area contributed by atoms with E-state index in [1.54, 1.807) is 12.1 Å². The van der Waals surface area contributed by atoms with E-state index in [9.17, 15) is 8.42 Å². The van der Waals surface area contributed by atoms with Crippen molar-refractivity contribution in [1.29, 1.82) is 0 Å². The number of nitrogens with zero attached hydrogens (tertiary/aromatic N) is 4. The molecule has 3 N–H and O–H groups in total. The first kappa shape index (κ1) is 23.1. The van der Waals surface area contributed by atoms with Crippen LogP contribution in [-0.4, -0.2) is 47.7 Å². The third kappa shape index (κ3) is 5.98. The van der Waals surface area contributed by atoms with Crippen LogP contribution in [0.2, 0.25) is 0 Å². The average Bonchev–Trinajstić information content (AvgIpc) is 2.72. The smallest absolute Gasteiger partial charge is 0.321 e. The van der Waals surface area contributed by atoms with E-state index < -0.39 is 10.0 Å². The number of aromatic nitrogens is 4. The summed E-state index contributed by atoms with van der Waals surface area (Å²) in [5.41, 5.74) is 2.20. The van der Waals surface area contributed by atoms with Crippen LogP contribution in [0.1, 0.15) is 11.4 Å². The van der Waals surface area contributed by atoms with Gasteiger partial charge in [0.05, 0.1) is 19.1 Å². The van der Waals surface area contributed by atoms with Gasteiger partial charge in [-0.1, -0.05) is 0 Å². The zero-order valence-electron chi connectivity index (χ0n) is 17.7. The molecule has 0 bridgehead atoms. The Kier molecular flexibility index (Phi) is 7.00. The minimum absolute atomic E-state index is 0.00901. The van der Waals surface area contributed by atoms with Crippen molar-refractivity contribution >= 4 is 44.8 Å². The van der Waals surface area contributed by atoms with Crippen molar-refractivity contribution in [3.8, 4) is 11.9 Å². The highest BCUT2D eigenvalue weighted by atomic mass is 32.2. The largest absolute Gasteiger partial charge is 0.481 e. The van der Waals surface area contributed by atoms with E-state index in [2.05, 4.69) is 35.3 Å². The van der Waals surface area contributed by atoms with E-state index in [1.165, 1.54) is 32.4 Å². The molecule has 13 heteroatoms. The van der Waals surface area contributed by atoms with Gasteiger partial charge in [0.15, 0.2) is 10.9 Å². The SMILES string of the molecule is COc1cc(NS(=O)(=O)c2ccc(NC(=S)Nc3nc(C)cc(C)n3)cc2)nc(OC)n1. The van der Waals surface area contributed by atoms with Crippen LogP contribution in [0.3, 0.4) is 0 Å². The minimum atomic E-state index is -3.91. The summed E-state index contributed by atoms with van der Waals surface area (Å²) in [7, 11) is -1.15. The lowest BCUT2D eigenvalue weighted by atomic mass is 10.3. The number of aryl methyl sites for hydroxylation is 2. The Morgan fingerprint density at radius 1 is 0.906 bits per heavy atom. The van der Waals surface area contributed by atoms with Crippen LogP contribution < -0.4 is 24.8 Å². The minimum Gasteiger partial charge on any atom is -0.481 e. The number of hydrogen-bond acceptors (Lipinski definition) is 9. The average molecular weight is 476 g/mol. The first-order valence-electron chi connectivity index (χ1n) is 9.19. The molecule has 0 aliphatic heterocycles. The van der Waals surface area contributed by atoms with Gasteiger partial charge in [-0.05, 0) is 56.4 Å². The number of thiocarbonyl (C=S) groups is 1. The van der Waals surface area contributed by atoms with Gasteiger partial charge in [0, 0.05) is 23.1 Å². The molecule has 3 rings (SSSR count). The molecule has 168 valence electrons. The van der Waals surface area contributed by atoms with Crippen molar-refractivity contribution in [2.75, 3.05) is 29.6 Å². The third-order valence-corrected chi connectivity index (χ3v) is 5.52. The standard InChI is InChI=1S/C19H21N7O4S2/c1-11-9-12(2)21-17(20-11)25-19(31)22-13-5-7-14(8-6-13)32(27,28)26-15-10-16(29-3)24-18(23-15)30-4/h5-10H,1-4H3,(H,23,24,26)(H2,20,21,22,25,31). The van der Waals surface area contributed by atoms with Gasteiger partial charge in [0.25, 0.3) is 10.0 Å². The fraction of sp³-hybridized carbons (Fsp3) is 0.211. The zero-order valence-corrected chi connectivity index (χ0v) is 19.3. The van der Waals surface area contributed by atoms with E-state index >= 15 is 0 Å². The molecule has 3 aromatic rings. The molecule has 0 unspecified atom stereocenters. The Labute approximate surface area is 190 Å². The van der Waals surface area contributed by atoms with Crippen LogP contribution in [0.4, 0.5) is 17.5 Å². The number of rotatable bonds is 7. The number of hydrogen-bond donors (Lipinski definition) is 3. The summed E-state index contributed by atoms with van der Waals surface area (Å²) < 4.78 is 37.8. The van der Waals surface area contributed by atoms with E-state index in [0.717, 1.165) is 11.4 Å². The van der Waals surface area contributed by atoms with Crippen LogP contribution in [0.5, 0.6) is 11.9 Å². The zero-order chi connectivity index (χ0) is 23.3. The third-order valence-electron chi connectivity index (χ3n) is 3.94. The maximum absolute atomic E-state index is 12.7. The van der Waals surface area contributed by atoms with Crippen LogP contribution in [0, 0.1) is 13.8 Å². The van der Waals surface area contributed by atoms with Crippen LogP contribution in [-0.2, 0) is 10.0 Å². The lowest BCUT2D eigenvalue weighted by Gasteiger charge is -2.12. The molecule has 0 atom stereocenters. The van der Waals surface area contributed by atoms with Gasteiger partial charge in [0.1, 0.15) is 0 Å².